The van der Waals surface area contributed by atoms with Crippen LogP contribution in [0.3, 0.4) is 0 Å². The molecular weight excluding hydrogens is 318 g/mol. The Bertz CT molecular complexity index is 644. The van der Waals surface area contributed by atoms with Crippen LogP contribution in [0.4, 0.5) is 0 Å². The van der Waals surface area contributed by atoms with E-state index in [1.807, 2.05) is 55.5 Å². The van der Waals surface area contributed by atoms with Crippen molar-refractivity contribution < 1.29 is 4.21 Å². The number of hydrogen-bond donors (Lipinski definition) is 2. The van der Waals surface area contributed by atoms with Gasteiger partial charge in [-0.2, -0.15) is 0 Å². The van der Waals surface area contributed by atoms with Gasteiger partial charge in [-0.15, -0.1) is 0 Å². The second-order valence-corrected chi connectivity index (χ2v) is 6.86. The summed E-state index contributed by atoms with van der Waals surface area (Å²) < 4.78 is 12.2. The Morgan fingerprint density at radius 3 is 2.33 bits per heavy atom. The first-order valence-electron chi connectivity index (χ1n) is 8.29. The molecule has 0 saturated carbocycles. The van der Waals surface area contributed by atoms with Gasteiger partial charge in [0.15, 0.2) is 5.96 Å². The van der Waals surface area contributed by atoms with Crippen LogP contribution in [0.1, 0.15) is 12.5 Å². The summed E-state index contributed by atoms with van der Waals surface area (Å²) in [5.41, 5.74) is 1.30. The summed E-state index contributed by atoms with van der Waals surface area (Å²) in [7, 11) is -1.00. The summed E-state index contributed by atoms with van der Waals surface area (Å²) in [6.45, 7) is 4.19. The highest BCUT2D eigenvalue weighted by Crippen LogP contribution is 2.05. The summed E-state index contributed by atoms with van der Waals surface area (Å²) in [6.07, 6.45) is 0.946. The zero-order chi connectivity index (χ0) is 17.0. The Kier molecular flexibility index (Phi) is 8.04. The summed E-state index contributed by atoms with van der Waals surface area (Å²) in [6, 6.07) is 19.9. The second kappa shape index (κ2) is 10.6. The van der Waals surface area contributed by atoms with Crippen molar-refractivity contribution in [3.8, 4) is 0 Å². The van der Waals surface area contributed by atoms with Crippen LogP contribution in [0, 0.1) is 0 Å². The lowest BCUT2D eigenvalue weighted by molar-refractivity contribution is 0.682. The molecule has 0 saturated heterocycles. The van der Waals surface area contributed by atoms with Crippen molar-refractivity contribution in [2.45, 2.75) is 18.2 Å². The Labute approximate surface area is 146 Å². The van der Waals surface area contributed by atoms with Gasteiger partial charge in [0, 0.05) is 23.7 Å². The highest BCUT2D eigenvalue weighted by molar-refractivity contribution is 7.85. The highest BCUT2D eigenvalue weighted by Gasteiger charge is 2.03. The molecule has 0 heterocycles. The molecule has 0 aromatic heterocycles. The maximum atomic E-state index is 12.2. The van der Waals surface area contributed by atoms with Gasteiger partial charge < -0.3 is 10.6 Å². The summed E-state index contributed by atoms with van der Waals surface area (Å²) in [4.78, 5) is 5.37. The number of benzene rings is 2. The first-order chi connectivity index (χ1) is 11.8. The van der Waals surface area contributed by atoms with Crippen LogP contribution >= 0.6 is 0 Å². The van der Waals surface area contributed by atoms with Gasteiger partial charge in [0.25, 0.3) is 0 Å². The van der Waals surface area contributed by atoms with Crippen LogP contribution in [0.15, 0.2) is 70.6 Å². The first kappa shape index (κ1) is 18.2. The van der Waals surface area contributed by atoms with Gasteiger partial charge in [-0.25, -0.2) is 0 Å². The van der Waals surface area contributed by atoms with Gasteiger partial charge >= 0.3 is 0 Å². The molecule has 5 heteroatoms. The van der Waals surface area contributed by atoms with Crippen molar-refractivity contribution in [2.75, 3.05) is 25.4 Å². The third-order valence-corrected chi connectivity index (χ3v) is 4.80. The van der Waals surface area contributed by atoms with Gasteiger partial charge in [-0.3, -0.25) is 9.20 Å². The Morgan fingerprint density at radius 1 is 1.00 bits per heavy atom. The SMILES string of the molecule is CCNC(=NCCS(=O)c1ccccc1)NCCc1ccccc1. The summed E-state index contributed by atoms with van der Waals surface area (Å²) >= 11 is 0. The van der Waals surface area contributed by atoms with Crippen LogP contribution in [-0.4, -0.2) is 35.6 Å². The maximum absolute atomic E-state index is 12.2. The van der Waals surface area contributed by atoms with Crippen LogP contribution in [0.25, 0.3) is 0 Å². The monoisotopic (exact) mass is 343 g/mol. The van der Waals surface area contributed by atoms with Crippen molar-refractivity contribution in [1.29, 1.82) is 0 Å². The molecular formula is C19H25N3OS. The van der Waals surface area contributed by atoms with Crippen LogP contribution in [-0.2, 0) is 17.2 Å². The Balaban J connectivity index is 1.78. The minimum Gasteiger partial charge on any atom is -0.357 e. The highest BCUT2D eigenvalue weighted by atomic mass is 32.2. The zero-order valence-corrected chi connectivity index (χ0v) is 14.9. The fourth-order valence-electron chi connectivity index (χ4n) is 2.24. The molecule has 0 aliphatic heterocycles. The lowest BCUT2D eigenvalue weighted by Gasteiger charge is -2.11. The van der Waals surface area contributed by atoms with Crippen molar-refractivity contribution in [3.05, 3.63) is 66.2 Å². The largest absolute Gasteiger partial charge is 0.357 e. The van der Waals surface area contributed by atoms with Crippen molar-refractivity contribution >= 4 is 16.8 Å². The number of aliphatic imine (C=N–C) groups is 1. The average Bonchev–Trinajstić information content (AvgIpc) is 2.63. The Hall–Kier alpha value is -2.14. The average molecular weight is 343 g/mol. The normalized spacial score (nSPS) is 12.6. The third kappa shape index (κ3) is 6.54. The fraction of sp³-hybridized carbons (Fsp3) is 0.316. The topological polar surface area (TPSA) is 53.5 Å². The summed E-state index contributed by atoms with van der Waals surface area (Å²) in [5, 5.41) is 6.54. The number of guanidine groups is 1. The van der Waals surface area contributed by atoms with Crippen molar-refractivity contribution in [1.82, 2.24) is 10.6 Å². The number of rotatable bonds is 8. The van der Waals surface area contributed by atoms with Crippen LogP contribution in [0.5, 0.6) is 0 Å². The zero-order valence-electron chi connectivity index (χ0n) is 14.1. The lowest BCUT2D eigenvalue weighted by atomic mass is 10.1. The predicted octanol–water partition coefficient (Wildman–Crippen LogP) is 2.59. The van der Waals surface area contributed by atoms with E-state index >= 15 is 0 Å². The molecule has 0 fully saturated rings. The Morgan fingerprint density at radius 2 is 1.67 bits per heavy atom. The first-order valence-corrected chi connectivity index (χ1v) is 9.61. The number of nitrogens with one attached hydrogen (secondary N) is 2. The van der Waals surface area contributed by atoms with Crippen molar-refractivity contribution in [3.63, 3.8) is 0 Å². The minimum atomic E-state index is -1.00. The molecule has 24 heavy (non-hydrogen) atoms. The fourth-order valence-corrected chi connectivity index (χ4v) is 3.20. The van der Waals surface area contributed by atoms with Gasteiger partial charge in [0.1, 0.15) is 0 Å². The summed E-state index contributed by atoms with van der Waals surface area (Å²) in [5.74, 6) is 1.30. The molecule has 0 spiro atoms. The number of nitrogens with zero attached hydrogens (tertiary/aromatic N) is 1. The molecule has 4 nitrogen and oxygen atoms in total. The smallest absolute Gasteiger partial charge is 0.191 e. The van der Waals surface area contributed by atoms with E-state index in [9.17, 15) is 4.21 Å². The van der Waals surface area contributed by atoms with Gasteiger partial charge in [-0.05, 0) is 31.0 Å². The van der Waals surface area contributed by atoms with Crippen LogP contribution in [0.2, 0.25) is 0 Å². The molecule has 0 aliphatic carbocycles. The molecule has 0 radical (unpaired) electrons. The van der Waals surface area contributed by atoms with Gasteiger partial charge in [0.05, 0.1) is 17.3 Å². The third-order valence-electron chi connectivity index (χ3n) is 3.45. The standard InChI is InChI=1S/C19H25N3OS/c1-2-20-19(21-14-13-17-9-5-3-6-10-17)22-15-16-24(23)18-11-7-4-8-12-18/h3-12H,2,13-16H2,1H3,(H2,20,21,22). The molecule has 0 bridgehead atoms. The molecule has 1 atom stereocenters. The van der Waals surface area contributed by atoms with E-state index in [1.165, 1.54) is 5.56 Å². The lowest BCUT2D eigenvalue weighted by Crippen LogP contribution is -2.38. The van der Waals surface area contributed by atoms with E-state index in [2.05, 4.69) is 27.8 Å². The second-order valence-electron chi connectivity index (χ2n) is 5.29. The van der Waals surface area contributed by atoms with E-state index in [0.29, 0.717) is 12.3 Å². The molecule has 2 aromatic carbocycles. The van der Waals surface area contributed by atoms with Crippen LogP contribution < -0.4 is 10.6 Å². The van der Waals surface area contributed by atoms with Gasteiger partial charge in [-0.1, -0.05) is 48.5 Å². The molecule has 0 aliphatic rings. The molecule has 2 rings (SSSR count). The van der Waals surface area contributed by atoms with E-state index in [1.54, 1.807) is 0 Å². The predicted molar refractivity (Wildman–Crippen MR) is 102 cm³/mol. The molecule has 128 valence electrons. The van der Waals surface area contributed by atoms with Crippen molar-refractivity contribution in [2.24, 2.45) is 4.99 Å². The quantitative estimate of drug-likeness (QED) is 0.572. The molecule has 2 N–H and O–H groups in total. The number of hydrogen-bond acceptors (Lipinski definition) is 2. The molecule has 0 amide bonds. The molecule has 1 unspecified atom stereocenters. The van der Waals surface area contributed by atoms with E-state index < -0.39 is 10.8 Å². The van der Waals surface area contributed by atoms with E-state index in [-0.39, 0.29) is 0 Å². The molecule has 2 aromatic rings. The maximum Gasteiger partial charge on any atom is 0.191 e. The van der Waals surface area contributed by atoms with E-state index in [0.717, 1.165) is 30.4 Å². The van der Waals surface area contributed by atoms with Gasteiger partial charge in [0.2, 0.25) is 0 Å². The van der Waals surface area contributed by atoms with E-state index in [4.69, 9.17) is 0 Å². The minimum absolute atomic E-state index is 0.527.